The molecule has 0 radical (unpaired) electrons. The number of phenols is 1. The number of rotatable bonds is 9. The molecule has 4 rings (SSSR count). The van der Waals surface area contributed by atoms with E-state index in [0.717, 1.165) is 25.0 Å². The van der Waals surface area contributed by atoms with E-state index in [4.69, 9.17) is 4.74 Å². The molecule has 1 aliphatic rings. The third-order valence-electron chi connectivity index (χ3n) is 5.36. The van der Waals surface area contributed by atoms with Crippen molar-refractivity contribution in [1.82, 2.24) is 14.8 Å². The number of hydrogen-bond donors (Lipinski definition) is 3. The van der Waals surface area contributed by atoms with Crippen LogP contribution in [0.5, 0.6) is 5.75 Å². The van der Waals surface area contributed by atoms with E-state index in [1.165, 1.54) is 11.8 Å². The van der Waals surface area contributed by atoms with Crippen molar-refractivity contribution in [3.63, 3.8) is 0 Å². The molecule has 2 amide bonds. The van der Waals surface area contributed by atoms with Crippen molar-refractivity contribution in [3.8, 4) is 17.1 Å². The van der Waals surface area contributed by atoms with E-state index in [2.05, 4.69) is 20.8 Å². The summed E-state index contributed by atoms with van der Waals surface area (Å²) in [6.07, 6.45) is 2.47. The Labute approximate surface area is 201 Å². The molecule has 9 nitrogen and oxygen atoms in total. The quantitative estimate of drug-likeness (QED) is 0.397. The summed E-state index contributed by atoms with van der Waals surface area (Å²) in [5, 5.41) is 24.5. The monoisotopic (exact) mass is 481 g/mol. The van der Waals surface area contributed by atoms with Crippen LogP contribution in [0.4, 0.5) is 11.4 Å². The molecule has 2 heterocycles. The van der Waals surface area contributed by atoms with Crippen LogP contribution in [0.1, 0.15) is 26.2 Å². The molecule has 0 spiro atoms. The number of aromatic hydroxyl groups is 1. The minimum atomic E-state index is -0.173. The molecule has 0 unspecified atom stereocenters. The van der Waals surface area contributed by atoms with E-state index in [9.17, 15) is 14.7 Å². The maximum atomic E-state index is 12.6. The number of nitrogens with one attached hydrogen (secondary N) is 2. The Balaban J connectivity index is 1.42. The van der Waals surface area contributed by atoms with Gasteiger partial charge in [-0.25, -0.2) is 0 Å². The maximum Gasteiger partial charge on any atom is 0.234 e. The molecule has 10 heteroatoms. The minimum absolute atomic E-state index is 0.0630. The van der Waals surface area contributed by atoms with Gasteiger partial charge in [0.2, 0.25) is 11.8 Å². The number of phenolic OH excluding ortho intramolecular Hbond substituents is 1. The number of amides is 2. The number of aromatic nitrogens is 3. The van der Waals surface area contributed by atoms with Crippen LogP contribution >= 0.6 is 11.8 Å². The summed E-state index contributed by atoms with van der Waals surface area (Å²) in [7, 11) is 0. The van der Waals surface area contributed by atoms with Gasteiger partial charge in [-0.15, -0.1) is 10.2 Å². The lowest BCUT2D eigenvalue weighted by atomic mass is 10.2. The van der Waals surface area contributed by atoms with Crippen molar-refractivity contribution in [2.45, 2.75) is 44.0 Å². The molecular formula is C24H27N5O4S. The molecule has 0 bridgehead atoms. The third-order valence-corrected chi connectivity index (χ3v) is 6.33. The highest BCUT2D eigenvalue weighted by Crippen LogP contribution is 2.27. The molecular weight excluding hydrogens is 454 g/mol. The van der Waals surface area contributed by atoms with Crippen LogP contribution in [0.15, 0.2) is 53.7 Å². The molecule has 1 saturated heterocycles. The first-order chi connectivity index (χ1) is 16.5. The Bertz CT molecular complexity index is 1130. The summed E-state index contributed by atoms with van der Waals surface area (Å²) in [5.41, 5.74) is 2.16. The minimum Gasteiger partial charge on any atom is -0.508 e. The van der Waals surface area contributed by atoms with Gasteiger partial charge in [-0.2, -0.15) is 0 Å². The molecule has 1 atom stereocenters. The van der Waals surface area contributed by atoms with Crippen molar-refractivity contribution in [2.24, 2.45) is 0 Å². The normalized spacial score (nSPS) is 15.3. The fourth-order valence-electron chi connectivity index (χ4n) is 3.59. The first-order valence-electron chi connectivity index (χ1n) is 11.2. The van der Waals surface area contributed by atoms with Gasteiger partial charge in [0.1, 0.15) is 5.75 Å². The van der Waals surface area contributed by atoms with Gasteiger partial charge >= 0.3 is 0 Å². The van der Waals surface area contributed by atoms with Crippen molar-refractivity contribution < 1.29 is 19.4 Å². The molecule has 34 heavy (non-hydrogen) atoms. The third kappa shape index (κ3) is 6.15. The summed E-state index contributed by atoms with van der Waals surface area (Å²) < 4.78 is 7.78. The van der Waals surface area contributed by atoms with E-state index >= 15 is 0 Å². The highest BCUT2D eigenvalue weighted by Gasteiger charge is 2.22. The van der Waals surface area contributed by atoms with Crippen LogP contribution in [-0.2, 0) is 20.9 Å². The van der Waals surface area contributed by atoms with Crippen molar-refractivity contribution in [3.05, 3.63) is 48.5 Å². The van der Waals surface area contributed by atoms with E-state index in [0.29, 0.717) is 35.3 Å². The number of ether oxygens (including phenoxy) is 1. The summed E-state index contributed by atoms with van der Waals surface area (Å²) in [5.74, 6) is 0.775. The summed E-state index contributed by atoms with van der Waals surface area (Å²) in [4.78, 5) is 24.0. The van der Waals surface area contributed by atoms with Crippen LogP contribution in [0.3, 0.4) is 0 Å². The van der Waals surface area contributed by atoms with E-state index in [-0.39, 0.29) is 29.4 Å². The predicted molar refractivity (Wildman–Crippen MR) is 131 cm³/mol. The van der Waals surface area contributed by atoms with Gasteiger partial charge in [0, 0.05) is 30.0 Å². The number of anilines is 2. The highest BCUT2D eigenvalue weighted by molar-refractivity contribution is 7.99. The Morgan fingerprint density at radius 3 is 2.35 bits per heavy atom. The average Bonchev–Trinajstić information content (AvgIpc) is 3.50. The standard InChI is InChI=1S/C24H27N5O4S/c1-2-21(31)25-17-7-9-18(10-8-17)26-22(32)15-34-24-28-27-23(16-5-11-19(30)12-6-16)29(24)14-20-4-3-13-33-20/h5-12,20,30H,2-4,13-15H2,1H3,(H,25,31)(H,26,32)/t20-/m1/s1. The Hall–Kier alpha value is -3.37. The van der Waals surface area contributed by atoms with Crippen molar-refractivity contribution in [1.29, 1.82) is 0 Å². The number of nitrogens with zero attached hydrogens (tertiary/aromatic N) is 3. The van der Waals surface area contributed by atoms with Crippen LogP contribution in [0.25, 0.3) is 11.4 Å². The van der Waals surface area contributed by atoms with E-state index < -0.39 is 0 Å². The second kappa shape index (κ2) is 11.2. The van der Waals surface area contributed by atoms with Gasteiger partial charge < -0.3 is 20.5 Å². The zero-order valence-corrected chi connectivity index (χ0v) is 19.7. The average molecular weight is 482 g/mol. The van der Waals surface area contributed by atoms with Gasteiger partial charge in [-0.05, 0) is 61.4 Å². The van der Waals surface area contributed by atoms with Crippen LogP contribution in [0, 0.1) is 0 Å². The van der Waals surface area contributed by atoms with Gasteiger partial charge in [0.05, 0.1) is 18.4 Å². The topological polar surface area (TPSA) is 118 Å². The lowest BCUT2D eigenvalue weighted by Gasteiger charge is -2.15. The molecule has 2 aromatic carbocycles. The molecule has 3 N–H and O–H groups in total. The number of hydrogen-bond acceptors (Lipinski definition) is 7. The second-order valence-corrected chi connectivity index (χ2v) is 8.86. The van der Waals surface area contributed by atoms with Gasteiger partial charge in [0.25, 0.3) is 0 Å². The molecule has 1 aliphatic heterocycles. The molecule has 1 aromatic heterocycles. The van der Waals surface area contributed by atoms with Crippen molar-refractivity contribution >= 4 is 35.0 Å². The first-order valence-corrected chi connectivity index (χ1v) is 12.2. The fourth-order valence-corrected chi connectivity index (χ4v) is 4.34. The lowest BCUT2D eigenvalue weighted by Crippen LogP contribution is -2.18. The molecule has 3 aromatic rings. The zero-order valence-electron chi connectivity index (χ0n) is 18.9. The van der Waals surface area contributed by atoms with E-state index in [1.807, 2.05) is 4.57 Å². The number of thioether (sulfide) groups is 1. The number of benzene rings is 2. The lowest BCUT2D eigenvalue weighted by molar-refractivity contribution is -0.116. The Morgan fingerprint density at radius 1 is 1.06 bits per heavy atom. The first kappa shape index (κ1) is 23.8. The fraction of sp³-hybridized carbons (Fsp3) is 0.333. The zero-order chi connectivity index (χ0) is 23.9. The molecule has 0 aliphatic carbocycles. The molecule has 178 valence electrons. The number of carbonyl (C=O) groups excluding carboxylic acids is 2. The van der Waals surface area contributed by atoms with Crippen molar-refractivity contribution in [2.75, 3.05) is 23.0 Å². The maximum absolute atomic E-state index is 12.6. The Morgan fingerprint density at radius 2 is 1.74 bits per heavy atom. The van der Waals surface area contributed by atoms with E-state index in [1.54, 1.807) is 55.5 Å². The smallest absolute Gasteiger partial charge is 0.234 e. The van der Waals surface area contributed by atoms with Gasteiger partial charge in [0.15, 0.2) is 11.0 Å². The summed E-state index contributed by atoms with van der Waals surface area (Å²) in [6.45, 7) is 3.13. The van der Waals surface area contributed by atoms with Crippen LogP contribution in [0.2, 0.25) is 0 Å². The summed E-state index contributed by atoms with van der Waals surface area (Å²) >= 11 is 1.31. The summed E-state index contributed by atoms with van der Waals surface area (Å²) in [6, 6.07) is 13.8. The second-order valence-electron chi connectivity index (χ2n) is 7.91. The largest absolute Gasteiger partial charge is 0.508 e. The number of carbonyl (C=O) groups is 2. The molecule has 0 saturated carbocycles. The van der Waals surface area contributed by atoms with Gasteiger partial charge in [-0.1, -0.05) is 18.7 Å². The van der Waals surface area contributed by atoms with Gasteiger partial charge in [-0.3, -0.25) is 14.2 Å². The van der Waals surface area contributed by atoms with Crippen LogP contribution < -0.4 is 10.6 Å². The van der Waals surface area contributed by atoms with Crippen LogP contribution in [-0.4, -0.2) is 50.1 Å². The Kier molecular flexibility index (Phi) is 7.81. The SMILES string of the molecule is CCC(=O)Nc1ccc(NC(=O)CSc2nnc(-c3ccc(O)cc3)n2C[C@H]2CCCO2)cc1. The highest BCUT2D eigenvalue weighted by atomic mass is 32.2. The molecule has 1 fully saturated rings. The predicted octanol–water partition coefficient (Wildman–Crippen LogP) is 3.91.